The van der Waals surface area contributed by atoms with Gasteiger partial charge in [0.1, 0.15) is 6.04 Å². The second-order valence-corrected chi connectivity index (χ2v) is 8.90. The Morgan fingerprint density at radius 3 is 2.00 bits per heavy atom. The van der Waals surface area contributed by atoms with Crippen LogP contribution in [-0.2, 0) is 16.0 Å². The van der Waals surface area contributed by atoms with E-state index >= 15 is 0 Å². The molecule has 7 heteroatoms. The molecule has 4 aromatic rings. The zero-order valence-corrected chi connectivity index (χ0v) is 20.9. The van der Waals surface area contributed by atoms with Gasteiger partial charge in [0, 0.05) is 31.6 Å². The number of nitrogens with zero attached hydrogens (tertiary/aromatic N) is 2. The first-order valence-corrected chi connectivity index (χ1v) is 11.6. The van der Waals surface area contributed by atoms with Crippen molar-refractivity contribution >= 4 is 35.2 Å². The Morgan fingerprint density at radius 1 is 0.833 bits per heavy atom. The largest absolute Gasteiger partial charge is 0.436 e. The summed E-state index contributed by atoms with van der Waals surface area (Å²) in [5, 5.41) is 3.21. The molecule has 2 N–H and O–H groups in total. The molecule has 5 rings (SSSR count). The molecule has 1 aliphatic rings. The van der Waals surface area contributed by atoms with Crippen LogP contribution in [0.1, 0.15) is 22.8 Å². The number of likely N-dealkylation sites (N-methyl/N-ethyl adjacent to an activating group) is 2. The van der Waals surface area contributed by atoms with Crippen molar-refractivity contribution in [1.82, 2.24) is 9.91 Å². The maximum absolute atomic E-state index is 13.4. The lowest BCUT2D eigenvalue weighted by Crippen LogP contribution is -2.51. The van der Waals surface area contributed by atoms with Gasteiger partial charge in [0.15, 0.2) is 6.10 Å². The third-order valence-electron chi connectivity index (χ3n) is 6.63. The number of carbonyl (C=O) groups is 2. The van der Waals surface area contributed by atoms with E-state index in [9.17, 15) is 9.59 Å². The number of hydrazine groups is 1. The van der Waals surface area contributed by atoms with Crippen LogP contribution < -0.4 is 5.84 Å². The van der Waals surface area contributed by atoms with Gasteiger partial charge in [0.25, 0.3) is 5.91 Å². The Labute approximate surface area is 216 Å². The second-order valence-electron chi connectivity index (χ2n) is 8.90. The van der Waals surface area contributed by atoms with Crippen LogP contribution in [0, 0.1) is 0 Å². The first-order valence-electron chi connectivity index (χ1n) is 11.6. The Bertz CT molecular complexity index is 1380. The molecule has 6 nitrogen and oxygen atoms in total. The molecular formula is C29H28ClN3O3. The maximum Gasteiger partial charge on any atom is 0.411 e. The summed E-state index contributed by atoms with van der Waals surface area (Å²) in [5.74, 6) is 5.44. The van der Waals surface area contributed by atoms with Crippen LogP contribution >= 0.6 is 12.4 Å². The quantitative estimate of drug-likeness (QED) is 0.227. The minimum absolute atomic E-state index is 0. The number of ether oxygens (including phenoxy) is 1. The number of halogens is 1. The van der Waals surface area contributed by atoms with Crippen molar-refractivity contribution in [2.75, 3.05) is 14.1 Å². The molecule has 0 aromatic heterocycles. The van der Waals surface area contributed by atoms with Gasteiger partial charge in [0.05, 0.1) is 0 Å². The zero-order chi connectivity index (χ0) is 24.5. The van der Waals surface area contributed by atoms with E-state index in [1.54, 1.807) is 7.05 Å². The van der Waals surface area contributed by atoms with Crippen molar-refractivity contribution in [3.8, 4) is 11.1 Å². The van der Waals surface area contributed by atoms with Crippen molar-refractivity contribution in [2.45, 2.75) is 18.6 Å². The highest BCUT2D eigenvalue weighted by atomic mass is 35.5. The lowest BCUT2D eigenvalue weighted by molar-refractivity contribution is -0.135. The van der Waals surface area contributed by atoms with Gasteiger partial charge >= 0.3 is 6.09 Å². The molecule has 0 saturated heterocycles. The molecule has 0 spiro atoms. The molecule has 184 valence electrons. The minimum atomic E-state index is -0.814. The monoisotopic (exact) mass is 501 g/mol. The van der Waals surface area contributed by atoms with Crippen molar-refractivity contribution in [3.63, 3.8) is 0 Å². The second kappa shape index (κ2) is 10.4. The van der Waals surface area contributed by atoms with Gasteiger partial charge in [-0.25, -0.2) is 10.6 Å². The van der Waals surface area contributed by atoms with Crippen molar-refractivity contribution < 1.29 is 14.3 Å². The summed E-state index contributed by atoms with van der Waals surface area (Å²) in [4.78, 5) is 27.8. The average Bonchev–Trinajstić information content (AvgIpc) is 3.20. The molecule has 0 aliphatic heterocycles. The minimum Gasteiger partial charge on any atom is -0.436 e. The van der Waals surface area contributed by atoms with Crippen LogP contribution in [0.2, 0.25) is 0 Å². The van der Waals surface area contributed by atoms with Crippen molar-refractivity contribution in [1.29, 1.82) is 0 Å². The van der Waals surface area contributed by atoms with E-state index in [-0.39, 0.29) is 18.3 Å². The van der Waals surface area contributed by atoms with Crippen LogP contribution in [0.25, 0.3) is 21.9 Å². The number of hydrogen-bond acceptors (Lipinski definition) is 4. The van der Waals surface area contributed by atoms with Crippen molar-refractivity contribution in [3.05, 3.63) is 108 Å². The summed E-state index contributed by atoms with van der Waals surface area (Å²) >= 11 is 0. The normalized spacial score (nSPS) is 12.8. The van der Waals surface area contributed by atoms with Gasteiger partial charge < -0.3 is 4.74 Å². The van der Waals surface area contributed by atoms with E-state index < -0.39 is 18.2 Å². The summed E-state index contributed by atoms with van der Waals surface area (Å²) in [5.41, 5.74) is 4.90. The summed E-state index contributed by atoms with van der Waals surface area (Å²) < 4.78 is 6.02. The number of rotatable bonds is 5. The molecule has 36 heavy (non-hydrogen) atoms. The standard InChI is InChI=1S/C29H27N3O3.ClH/c1-31(26(28(33)32(2)30)18-19-15-16-20-9-3-4-10-21(20)17-19)29(34)35-27-24-13-7-5-11-22(24)23-12-6-8-14-25(23)27;/h3-17,26-27H,18,30H2,1-2H3;1H/t26-;/m0./s1. The lowest BCUT2D eigenvalue weighted by atomic mass is 10.0. The molecule has 2 amide bonds. The molecule has 0 radical (unpaired) electrons. The van der Waals surface area contributed by atoms with Crippen LogP contribution in [0.3, 0.4) is 0 Å². The molecule has 0 heterocycles. The van der Waals surface area contributed by atoms with Gasteiger partial charge in [-0.2, -0.15) is 0 Å². The number of hydrogen-bond donors (Lipinski definition) is 1. The lowest BCUT2D eigenvalue weighted by Gasteiger charge is -2.30. The van der Waals surface area contributed by atoms with Crippen LogP contribution in [0.15, 0.2) is 91.0 Å². The summed E-state index contributed by atoms with van der Waals surface area (Å²) in [6, 6.07) is 29.1. The SMILES string of the molecule is CN(N)C(=O)[C@H](Cc1ccc2ccccc2c1)N(C)C(=O)OC1c2ccccc2-c2ccccc21.Cl. The number of nitrogens with two attached hydrogens (primary N) is 1. The molecule has 0 fully saturated rings. The molecule has 1 aliphatic carbocycles. The summed E-state index contributed by atoms with van der Waals surface area (Å²) in [6.07, 6.45) is -0.805. The van der Waals surface area contributed by atoms with Gasteiger partial charge in [-0.3, -0.25) is 14.7 Å². The third kappa shape index (κ3) is 4.65. The third-order valence-corrected chi connectivity index (χ3v) is 6.63. The van der Waals surface area contributed by atoms with Crippen LogP contribution in [0.5, 0.6) is 0 Å². The van der Waals surface area contributed by atoms with E-state index in [2.05, 4.69) is 0 Å². The van der Waals surface area contributed by atoms with Crippen LogP contribution in [-0.4, -0.2) is 42.0 Å². The van der Waals surface area contributed by atoms with E-state index in [1.807, 2.05) is 91.0 Å². The average molecular weight is 502 g/mol. The van der Waals surface area contributed by atoms with E-state index in [1.165, 1.54) is 11.9 Å². The summed E-state index contributed by atoms with van der Waals surface area (Å²) in [6.45, 7) is 0. The fourth-order valence-electron chi connectivity index (χ4n) is 4.76. The van der Waals surface area contributed by atoms with E-state index in [0.29, 0.717) is 6.42 Å². The topological polar surface area (TPSA) is 75.9 Å². The zero-order valence-electron chi connectivity index (χ0n) is 20.1. The fraction of sp³-hybridized carbons (Fsp3) is 0.172. The predicted octanol–water partition coefficient (Wildman–Crippen LogP) is 5.34. The predicted molar refractivity (Wildman–Crippen MR) is 144 cm³/mol. The molecule has 0 bridgehead atoms. The van der Waals surface area contributed by atoms with Gasteiger partial charge in [-0.05, 0) is 27.5 Å². The smallest absolute Gasteiger partial charge is 0.411 e. The van der Waals surface area contributed by atoms with Gasteiger partial charge in [-0.1, -0.05) is 91.0 Å². The maximum atomic E-state index is 13.4. The highest BCUT2D eigenvalue weighted by molar-refractivity contribution is 5.87. The molecule has 4 aromatic carbocycles. The van der Waals surface area contributed by atoms with Crippen molar-refractivity contribution in [2.24, 2.45) is 5.84 Å². The first-order chi connectivity index (χ1) is 16.9. The Balaban J connectivity index is 0.00000304. The fourth-order valence-corrected chi connectivity index (χ4v) is 4.76. The Morgan fingerprint density at radius 2 is 1.39 bits per heavy atom. The molecule has 1 atom stereocenters. The first kappa shape index (κ1) is 25.2. The Hall–Kier alpha value is -3.87. The highest BCUT2D eigenvalue weighted by Gasteiger charge is 2.35. The number of carbonyl (C=O) groups excluding carboxylic acids is 2. The van der Waals surface area contributed by atoms with Crippen LogP contribution in [0.4, 0.5) is 4.79 Å². The Kier molecular flexibility index (Phi) is 7.29. The molecular weight excluding hydrogens is 474 g/mol. The highest BCUT2D eigenvalue weighted by Crippen LogP contribution is 2.45. The van der Waals surface area contributed by atoms with E-state index in [0.717, 1.165) is 43.6 Å². The van der Waals surface area contributed by atoms with E-state index in [4.69, 9.17) is 10.6 Å². The number of amides is 2. The number of fused-ring (bicyclic) bond motifs is 4. The van der Waals surface area contributed by atoms with Gasteiger partial charge in [0.2, 0.25) is 0 Å². The molecule has 0 saturated carbocycles. The number of benzene rings is 4. The summed E-state index contributed by atoms with van der Waals surface area (Å²) in [7, 11) is 3.07. The van der Waals surface area contributed by atoms with Gasteiger partial charge in [-0.15, -0.1) is 12.4 Å². The molecule has 0 unspecified atom stereocenters.